The number of carbonyl (C=O) groups is 2. The third-order valence-electron chi connectivity index (χ3n) is 5.64. The number of benzene rings is 2. The number of nitrogens with zero attached hydrogens (tertiary/aromatic N) is 3. The SMILES string of the molecule is CCNC(=NCCCC(=O)N1Cc2ccccc2C1)NCCc1cccc(C(=O)N(C)C)c1. The molecule has 0 fully saturated rings. The summed E-state index contributed by atoms with van der Waals surface area (Å²) in [7, 11) is 3.51. The number of hydrogen-bond acceptors (Lipinski definition) is 3. The maximum absolute atomic E-state index is 12.5. The van der Waals surface area contributed by atoms with E-state index in [1.807, 2.05) is 48.2 Å². The standard InChI is InChI=1S/C26H35N5O2/c1-4-27-26(29-16-14-20-9-7-12-21(17-20)25(33)30(2)3)28-15-8-13-24(32)31-18-22-10-5-6-11-23(22)19-31/h5-7,9-12,17H,4,8,13-16,18-19H2,1-3H3,(H2,27,28,29). The van der Waals surface area contributed by atoms with E-state index in [4.69, 9.17) is 0 Å². The summed E-state index contributed by atoms with van der Waals surface area (Å²) in [5.74, 6) is 0.942. The van der Waals surface area contributed by atoms with E-state index in [1.54, 1.807) is 19.0 Å². The van der Waals surface area contributed by atoms with E-state index in [1.165, 1.54) is 11.1 Å². The molecule has 2 aromatic rings. The summed E-state index contributed by atoms with van der Waals surface area (Å²) in [5.41, 5.74) is 4.30. The van der Waals surface area contributed by atoms with Crippen LogP contribution in [0.4, 0.5) is 0 Å². The highest BCUT2D eigenvalue weighted by Gasteiger charge is 2.22. The average molecular weight is 450 g/mol. The van der Waals surface area contributed by atoms with Crippen molar-refractivity contribution < 1.29 is 9.59 Å². The Hall–Kier alpha value is -3.35. The van der Waals surface area contributed by atoms with Crippen molar-refractivity contribution in [1.82, 2.24) is 20.4 Å². The minimum Gasteiger partial charge on any atom is -0.357 e. The topological polar surface area (TPSA) is 77.0 Å². The molecule has 2 amide bonds. The number of fused-ring (bicyclic) bond motifs is 1. The summed E-state index contributed by atoms with van der Waals surface area (Å²) in [5, 5.41) is 6.60. The quantitative estimate of drug-likeness (QED) is 0.351. The van der Waals surface area contributed by atoms with E-state index in [0.29, 0.717) is 38.2 Å². The molecule has 0 radical (unpaired) electrons. The summed E-state index contributed by atoms with van der Waals surface area (Å²) in [4.78, 5) is 32.8. The zero-order chi connectivity index (χ0) is 23.6. The van der Waals surface area contributed by atoms with Crippen molar-refractivity contribution in [2.24, 2.45) is 4.99 Å². The van der Waals surface area contributed by atoms with Gasteiger partial charge >= 0.3 is 0 Å². The Labute approximate surface area is 196 Å². The van der Waals surface area contributed by atoms with Gasteiger partial charge in [0.2, 0.25) is 5.91 Å². The van der Waals surface area contributed by atoms with Gasteiger partial charge in [-0.15, -0.1) is 0 Å². The summed E-state index contributed by atoms with van der Waals surface area (Å²) < 4.78 is 0. The molecule has 2 aromatic carbocycles. The van der Waals surface area contributed by atoms with Crippen LogP contribution in [0.25, 0.3) is 0 Å². The minimum atomic E-state index is 0.00654. The van der Waals surface area contributed by atoms with Gasteiger partial charge < -0.3 is 20.4 Å². The Kier molecular flexibility index (Phi) is 8.87. The van der Waals surface area contributed by atoms with Gasteiger partial charge in [-0.2, -0.15) is 0 Å². The molecule has 0 spiro atoms. The van der Waals surface area contributed by atoms with Crippen LogP contribution in [-0.2, 0) is 24.3 Å². The summed E-state index contributed by atoms with van der Waals surface area (Å²) >= 11 is 0. The number of guanidine groups is 1. The zero-order valence-corrected chi connectivity index (χ0v) is 19.9. The molecule has 0 aromatic heterocycles. The molecular formula is C26H35N5O2. The van der Waals surface area contributed by atoms with Crippen LogP contribution in [0.1, 0.15) is 46.8 Å². The van der Waals surface area contributed by atoms with Crippen LogP contribution in [0.5, 0.6) is 0 Å². The Morgan fingerprint density at radius 2 is 1.76 bits per heavy atom. The fraction of sp³-hybridized carbons (Fsp3) is 0.423. The van der Waals surface area contributed by atoms with Gasteiger partial charge in [-0.05, 0) is 48.6 Å². The molecule has 176 valence electrons. The molecule has 0 unspecified atom stereocenters. The molecule has 0 aliphatic carbocycles. The Morgan fingerprint density at radius 1 is 1.03 bits per heavy atom. The molecule has 0 bridgehead atoms. The molecule has 0 saturated heterocycles. The van der Waals surface area contributed by atoms with Gasteiger partial charge in [0.15, 0.2) is 5.96 Å². The van der Waals surface area contributed by atoms with Crippen LogP contribution >= 0.6 is 0 Å². The van der Waals surface area contributed by atoms with Gasteiger partial charge in [-0.25, -0.2) is 0 Å². The van der Waals surface area contributed by atoms with E-state index in [2.05, 4.69) is 27.8 Å². The van der Waals surface area contributed by atoms with E-state index in [-0.39, 0.29) is 11.8 Å². The van der Waals surface area contributed by atoms with Crippen molar-refractivity contribution in [3.05, 3.63) is 70.8 Å². The van der Waals surface area contributed by atoms with Crippen molar-refractivity contribution in [3.63, 3.8) is 0 Å². The summed E-state index contributed by atoms with van der Waals surface area (Å²) in [6, 6.07) is 16.0. The predicted molar refractivity (Wildman–Crippen MR) is 132 cm³/mol. The predicted octanol–water partition coefficient (Wildman–Crippen LogP) is 2.81. The van der Waals surface area contributed by atoms with Gasteiger partial charge in [0.1, 0.15) is 0 Å². The maximum atomic E-state index is 12.5. The fourth-order valence-corrected chi connectivity index (χ4v) is 3.87. The molecule has 7 heteroatoms. The molecule has 1 aliphatic rings. The third-order valence-corrected chi connectivity index (χ3v) is 5.64. The van der Waals surface area contributed by atoms with E-state index in [0.717, 1.165) is 30.9 Å². The minimum absolute atomic E-state index is 0.00654. The van der Waals surface area contributed by atoms with Crippen LogP contribution in [0, 0.1) is 0 Å². The lowest BCUT2D eigenvalue weighted by Crippen LogP contribution is -2.38. The van der Waals surface area contributed by atoms with Gasteiger partial charge in [-0.3, -0.25) is 14.6 Å². The molecule has 33 heavy (non-hydrogen) atoms. The lowest BCUT2D eigenvalue weighted by molar-refractivity contribution is -0.131. The largest absolute Gasteiger partial charge is 0.357 e. The first-order valence-electron chi connectivity index (χ1n) is 11.6. The van der Waals surface area contributed by atoms with Crippen LogP contribution in [0.2, 0.25) is 0 Å². The first kappa shape index (κ1) is 24.3. The second kappa shape index (κ2) is 12.0. The molecule has 1 aliphatic heterocycles. The molecule has 2 N–H and O–H groups in total. The second-order valence-electron chi connectivity index (χ2n) is 8.46. The monoisotopic (exact) mass is 449 g/mol. The van der Waals surface area contributed by atoms with Gasteiger partial charge in [0, 0.05) is 58.8 Å². The number of rotatable bonds is 9. The number of nitrogens with one attached hydrogen (secondary N) is 2. The fourth-order valence-electron chi connectivity index (χ4n) is 3.87. The molecule has 0 atom stereocenters. The Balaban J connectivity index is 1.42. The van der Waals surface area contributed by atoms with E-state index < -0.39 is 0 Å². The van der Waals surface area contributed by atoms with Crippen molar-refractivity contribution in [1.29, 1.82) is 0 Å². The van der Waals surface area contributed by atoms with Crippen molar-refractivity contribution in [2.75, 3.05) is 33.7 Å². The molecule has 7 nitrogen and oxygen atoms in total. The van der Waals surface area contributed by atoms with Crippen molar-refractivity contribution in [3.8, 4) is 0 Å². The lowest BCUT2D eigenvalue weighted by atomic mass is 10.1. The van der Waals surface area contributed by atoms with Crippen molar-refractivity contribution in [2.45, 2.75) is 39.3 Å². The zero-order valence-electron chi connectivity index (χ0n) is 19.9. The van der Waals surface area contributed by atoms with E-state index >= 15 is 0 Å². The number of aliphatic imine (C=N–C) groups is 1. The first-order chi connectivity index (χ1) is 16.0. The third kappa shape index (κ3) is 7.07. The van der Waals surface area contributed by atoms with Crippen LogP contribution in [-0.4, -0.2) is 61.3 Å². The normalized spacial score (nSPS) is 12.9. The number of hydrogen-bond donors (Lipinski definition) is 2. The first-order valence-corrected chi connectivity index (χ1v) is 11.6. The average Bonchev–Trinajstić information content (AvgIpc) is 3.26. The highest BCUT2D eigenvalue weighted by molar-refractivity contribution is 5.94. The maximum Gasteiger partial charge on any atom is 0.253 e. The van der Waals surface area contributed by atoms with Gasteiger partial charge in [-0.1, -0.05) is 36.4 Å². The van der Waals surface area contributed by atoms with Gasteiger partial charge in [0.25, 0.3) is 5.91 Å². The number of carbonyl (C=O) groups excluding carboxylic acids is 2. The van der Waals surface area contributed by atoms with Gasteiger partial charge in [0.05, 0.1) is 0 Å². The highest BCUT2D eigenvalue weighted by atomic mass is 16.2. The van der Waals surface area contributed by atoms with Crippen LogP contribution < -0.4 is 10.6 Å². The lowest BCUT2D eigenvalue weighted by Gasteiger charge is -2.15. The van der Waals surface area contributed by atoms with Crippen molar-refractivity contribution >= 4 is 17.8 Å². The number of amides is 2. The molecule has 3 rings (SSSR count). The Bertz CT molecular complexity index is 961. The summed E-state index contributed by atoms with van der Waals surface area (Å²) in [6.45, 7) is 5.52. The Morgan fingerprint density at radius 3 is 2.42 bits per heavy atom. The van der Waals surface area contributed by atoms with Crippen LogP contribution in [0.15, 0.2) is 53.5 Å². The van der Waals surface area contributed by atoms with E-state index in [9.17, 15) is 9.59 Å². The summed E-state index contributed by atoms with van der Waals surface area (Å²) in [6.07, 6.45) is 2.01. The van der Waals surface area contributed by atoms with Crippen LogP contribution in [0.3, 0.4) is 0 Å². The highest BCUT2D eigenvalue weighted by Crippen LogP contribution is 2.22. The molecule has 1 heterocycles. The second-order valence-corrected chi connectivity index (χ2v) is 8.46. The smallest absolute Gasteiger partial charge is 0.253 e. The molecular weight excluding hydrogens is 414 g/mol. The molecule has 0 saturated carbocycles.